The van der Waals surface area contributed by atoms with Crippen molar-refractivity contribution in [3.63, 3.8) is 0 Å². The summed E-state index contributed by atoms with van der Waals surface area (Å²) in [5.74, 6) is 0.585. The first kappa shape index (κ1) is 12.9. The van der Waals surface area contributed by atoms with Crippen LogP contribution in [0.15, 0.2) is 12.1 Å². The molecule has 1 heterocycles. The minimum Gasteiger partial charge on any atom is -0.475 e. The first-order valence-electron chi connectivity index (χ1n) is 5.53. The molecule has 0 aliphatic carbocycles. The topological polar surface area (TPSA) is 50.3 Å². The molecule has 0 radical (unpaired) electrons. The molecule has 5 nitrogen and oxygen atoms in total. The lowest BCUT2D eigenvalue weighted by molar-refractivity contribution is 0.251. The van der Waals surface area contributed by atoms with Crippen molar-refractivity contribution >= 4 is 0 Å². The molecule has 0 aliphatic heterocycles. The molecule has 0 unspecified atom stereocenters. The third-order valence-corrected chi connectivity index (χ3v) is 2.04. The number of hydrogen-bond donors (Lipinski definition) is 1. The van der Waals surface area contributed by atoms with E-state index < -0.39 is 0 Å². The maximum Gasteiger partial charge on any atom is 0.233 e. The third kappa shape index (κ3) is 5.04. The second-order valence-corrected chi connectivity index (χ2v) is 3.79. The molecule has 1 aromatic rings. The van der Waals surface area contributed by atoms with Gasteiger partial charge in [0.15, 0.2) is 0 Å². The van der Waals surface area contributed by atoms with Gasteiger partial charge < -0.3 is 15.0 Å². The van der Waals surface area contributed by atoms with E-state index in [1.165, 1.54) is 0 Å². The van der Waals surface area contributed by atoms with E-state index in [-0.39, 0.29) is 0 Å². The molecule has 0 aromatic carbocycles. The SMILES string of the molecule is CCNCc1ccc(OCCN(C)C)nn1. The number of rotatable bonds is 7. The molecular formula is C11H20N4O. The Balaban J connectivity index is 2.33. The summed E-state index contributed by atoms with van der Waals surface area (Å²) in [5.41, 5.74) is 0.932. The first-order chi connectivity index (χ1) is 7.72. The average molecular weight is 224 g/mol. The Labute approximate surface area is 96.8 Å². The van der Waals surface area contributed by atoms with Gasteiger partial charge in [-0.25, -0.2) is 0 Å². The van der Waals surface area contributed by atoms with E-state index in [1.54, 1.807) is 0 Å². The molecule has 0 aliphatic rings. The van der Waals surface area contributed by atoms with Crippen LogP contribution in [-0.2, 0) is 6.54 Å². The largest absolute Gasteiger partial charge is 0.475 e. The molecular weight excluding hydrogens is 204 g/mol. The molecule has 0 spiro atoms. The molecule has 0 saturated carbocycles. The van der Waals surface area contributed by atoms with Gasteiger partial charge in [0, 0.05) is 19.2 Å². The second-order valence-electron chi connectivity index (χ2n) is 3.79. The van der Waals surface area contributed by atoms with Crippen LogP contribution in [0, 0.1) is 0 Å². The highest BCUT2D eigenvalue weighted by Crippen LogP contribution is 2.04. The van der Waals surface area contributed by atoms with Crippen LogP contribution in [0.1, 0.15) is 12.6 Å². The minimum absolute atomic E-state index is 0.585. The molecule has 0 fully saturated rings. The zero-order valence-electron chi connectivity index (χ0n) is 10.2. The lowest BCUT2D eigenvalue weighted by atomic mass is 10.4. The van der Waals surface area contributed by atoms with Crippen LogP contribution in [0.4, 0.5) is 0 Å². The van der Waals surface area contributed by atoms with Gasteiger partial charge in [-0.2, -0.15) is 5.10 Å². The fourth-order valence-corrected chi connectivity index (χ4v) is 1.10. The highest BCUT2D eigenvalue weighted by molar-refractivity contribution is 5.11. The summed E-state index contributed by atoms with van der Waals surface area (Å²) in [6.45, 7) is 5.26. The van der Waals surface area contributed by atoms with Crippen LogP contribution in [-0.4, -0.2) is 48.9 Å². The van der Waals surface area contributed by atoms with Gasteiger partial charge in [0.05, 0.1) is 5.69 Å². The fraction of sp³-hybridized carbons (Fsp3) is 0.636. The Kier molecular flexibility index (Phi) is 5.74. The Morgan fingerprint density at radius 3 is 2.69 bits per heavy atom. The quantitative estimate of drug-likeness (QED) is 0.732. The highest BCUT2D eigenvalue weighted by Gasteiger charge is 1.98. The highest BCUT2D eigenvalue weighted by atomic mass is 16.5. The molecule has 1 N–H and O–H groups in total. The van der Waals surface area contributed by atoms with Crippen molar-refractivity contribution in [3.05, 3.63) is 17.8 Å². The summed E-state index contributed by atoms with van der Waals surface area (Å²) in [4.78, 5) is 2.06. The van der Waals surface area contributed by atoms with Gasteiger partial charge in [-0.05, 0) is 26.7 Å². The van der Waals surface area contributed by atoms with Crippen LogP contribution in [0.25, 0.3) is 0 Å². The predicted octanol–water partition coefficient (Wildman–Crippen LogP) is 0.526. The maximum atomic E-state index is 5.44. The Hall–Kier alpha value is -1.20. The van der Waals surface area contributed by atoms with E-state index in [9.17, 15) is 0 Å². The van der Waals surface area contributed by atoms with Gasteiger partial charge in [0.1, 0.15) is 6.61 Å². The standard InChI is InChI=1S/C11H20N4O/c1-4-12-9-10-5-6-11(14-13-10)16-8-7-15(2)3/h5-6,12H,4,7-9H2,1-3H3. The van der Waals surface area contributed by atoms with E-state index in [1.807, 2.05) is 26.2 Å². The maximum absolute atomic E-state index is 5.44. The van der Waals surface area contributed by atoms with Gasteiger partial charge in [-0.15, -0.1) is 5.10 Å². The predicted molar refractivity (Wildman–Crippen MR) is 63.5 cm³/mol. The van der Waals surface area contributed by atoms with Crippen LogP contribution in [0.3, 0.4) is 0 Å². The van der Waals surface area contributed by atoms with Crippen LogP contribution in [0.2, 0.25) is 0 Å². The molecule has 1 aromatic heterocycles. The average Bonchev–Trinajstić information content (AvgIpc) is 2.27. The molecule has 1 rings (SSSR count). The normalized spacial score (nSPS) is 10.8. The van der Waals surface area contributed by atoms with Gasteiger partial charge in [-0.3, -0.25) is 0 Å². The van der Waals surface area contributed by atoms with Crippen molar-refractivity contribution in [2.24, 2.45) is 0 Å². The number of ether oxygens (including phenoxy) is 1. The zero-order valence-corrected chi connectivity index (χ0v) is 10.2. The molecule has 0 atom stereocenters. The van der Waals surface area contributed by atoms with Crippen LogP contribution >= 0.6 is 0 Å². The van der Waals surface area contributed by atoms with Gasteiger partial charge in [-0.1, -0.05) is 6.92 Å². The molecule has 5 heteroatoms. The van der Waals surface area contributed by atoms with Gasteiger partial charge in [0.2, 0.25) is 5.88 Å². The van der Waals surface area contributed by atoms with Gasteiger partial charge >= 0.3 is 0 Å². The van der Waals surface area contributed by atoms with Crippen molar-refractivity contribution in [2.45, 2.75) is 13.5 Å². The zero-order chi connectivity index (χ0) is 11.8. The fourth-order valence-electron chi connectivity index (χ4n) is 1.10. The molecule has 90 valence electrons. The van der Waals surface area contributed by atoms with E-state index in [4.69, 9.17) is 4.74 Å². The van der Waals surface area contributed by atoms with Crippen molar-refractivity contribution in [1.29, 1.82) is 0 Å². The summed E-state index contributed by atoms with van der Waals surface area (Å²) in [5, 5.41) is 11.3. The summed E-state index contributed by atoms with van der Waals surface area (Å²) < 4.78 is 5.44. The minimum atomic E-state index is 0.585. The Morgan fingerprint density at radius 1 is 1.31 bits per heavy atom. The van der Waals surface area contributed by atoms with Crippen LogP contribution in [0.5, 0.6) is 5.88 Å². The Morgan fingerprint density at radius 2 is 2.12 bits per heavy atom. The van der Waals surface area contributed by atoms with Crippen molar-refractivity contribution in [1.82, 2.24) is 20.4 Å². The smallest absolute Gasteiger partial charge is 0.233 e. The lowest BCUT2D eigenvalue weighted by Gasteiger charge is -2.10. The van der Waals surface area contributed by atoms with Crippen molar-refractivity contribution in [2.75, 3.05) is 33.8 Å². The van der Waals surface area contributed by atoms with Crippen molar-refractivity contribution < 1.29 is 4.74 Å². The Bertz CT molecular complexity index is 287. The molecule has 0 bridgehead atoms. The number of hydrogen-bond acceptors (Lipinski definition) is 5. The molecule has 0 amide bonds. The van der Waals surface area contributed by atoms with Gasteiger partial charge in [0.25, 0.3) is 0 Å². The molecule has 16 heavy (non-hydrogen) atoms. The van der Waals surface area contributed by atoms with E-state index in [2.05, 4.69) is 27.3 Å². The monoisotopic (exact) mass is 224 g/mol. The summed E-state index contributed by atoms with van der Waals surface area (Å²) in [7, 11) is 4.02. The number of nitrogens with zero attached hydrogens (tertiary/aromatic N) is 3. The molecule has 0 saturated heterocycles. The lowest BCUT2D eigenvalue weighted by Crippen LogP contribution is -2.20. The number of aromatic nitrogens is 2. The first-order valence-corrected chi connectivity index (χ1v) is 5.53. The number of nitrogens with one attached hydrogen (secondary N) is 1. The van der Waals surface area contributed by atoms with Crippen LogP contribution < -0.4 is 10.1 Å². The number of likely N-dealkylation sites (N-methyl/N-ethyl adjacent to an activating group) is 1. The second kappa shape index (κ2) is 7.14. The van der Waals surface area contributed by atoms with E-state index >= 15 is 0 Å². The summed E-state index contributed by atoms with van der Waals surface area (Å²) in [6, 6.07) is 3.79. The third-order valence-electron chi connectivity index (χ3n) is 2.04. The summed E-state index contributed by atoms with van der Waals surface area (Å²) >= 11 is 0. The van der Waals surface area contributed by atoms with E-state index in [0.717, 1.165) is 25.3 Å². The van der Waals surface area contributed by atoms with Crippen molar-refractivity contribution in [3.8, 4) is 5.88 Å². The van der Waals surface area contributed by atoms with E-state index in [0.29, 0.717) is 12.5 Å². The summed E-state index contributed by atoms with van der Waals surface area (Å²) in [6.07, 6.45) is 0.